The molecule has 0 aliphatic carbocycles. The molecule has 0 amide bonds. The summed E-state index contributed by atoms with van der Waals surface area (Å²) in [6.07, 6.45) is 0. The summed E-state index contributed by atoms with van der Waals surface area (Å²) < 4.78 is 71.2. The molecule has 304 valence electrons. The summed E-state index contributed by atoms with van der Waals surface area (Å²) in [7, 11) is -7.41. The Kier molecular flexibility index (Phi) is 16.2. The number of carbonyl (C=O) groups is 2. The Hall–Kier alpha value is -4.80. The SMILES string of the molecule is C=C(COc1ccc(C(C)(C)c2ccc(OCC(=C)C(=O)Oc3ccccc3P(=O)(OCC)OCC)cc2)cc1)C(=O)Oc1ccccc1P(=O)(OCC)OCC. The van der Waals surface area contributed by atoms with Crippen LogP contribution in [0.4, 0.5) is 0 Å². The lowest BCUT2D eigenvalue weighted by Gasteiger charge is -2.26. The molecule has 57 heavy (non-hydrogen) atoms. The van der Waals surface area contributed by atoms with Crippen LogP contribution in [0.15, 0.2) is 121 Å². The van der Waals surface area contributed by atoms with Gasteiger partial charge in [-0.05, 0) is 87.4 Å². The van der Waals surface area contributed by atoms with Crippen LogP contribution < -0.4 is 29.6 Å². The molecule has 0 fully saturated rings. The van der Waals surface area contributed by atoms with Crippen molar-refractivity contribution in [3.8, 4) is 23.0 Å². The highest BCUT2D eigenvalue weighted by molar-refractivity contribution is 7.62. The van der Waals surface area contributed by atoms with E-state index in [0.29, 0.717) is 11.5 Å². The standard InChI is InChI=1S/C43H50O12P2/c1-9-50-56(46,51-10-2)39-19-15-13-17-37(39)54-41(44)31(5)29-48-35-25-21-33(22-26-35)43(7,8)34-23-27-36(28-24-34)49-30-32(6)42(45)55-38-18-14-16-20-40(38)57(47,52-11-3)53-12-4/h13-28H,5-6,9-12,29-30H2,1-4,7-8H3. The van der Waals surface area contributed by atoms with Crippen LogP contribution in [-0.4, -0.2) is 51.6 Å². The minimum atomic E-state index is -3.71. The van der Waals surface area contributed by atoms with E-state index in [1.165, 1.54) is 24.3 Å². The first-order valence-electron chi connectivity index (χ1n) is 18.4. The molecule has 0 spiro atoms. The molecule has 0 unspecified atom stereocenters. The molecule has 0 aliphatic heterocycles. The van der Waals surface area contributed by atoms with Crippen molar-refractivity contribution in [2.24, 2.45) is 0 Å². The summed E-state index contributed by atoms with van der Waals surface area (Å²) in [6.45, 7) is 18.9. The first kappa shape index (κ1) is 44.9. The van der Waals surface area contributed by atoms with E-state index in [1.807, 2.05) is 24.3 Å². The molecular weight excluding hydrogens is 770 g/mol. The monoisotopic (exact) mass is 820 g/mol. The van der Waals surface area contributed by atoms with E-state index in [4.69, 9.17) is 37.0 Å². The molecule has 0 radical (unpaired) electrons. The molecule has 0 saturated heterocycles. The van der Waals surface area contributed by atoms with Crippen LogP contribution >= 0.6 is 15.2 Å². The average molecular weight is 821 g/mol. The maximum atomic E-state index is 13.4. The number of benzene rings is 4. The van der Waals surface area contributed by atoms with Crippen LogP contribution in [-0.2, 0) is 42.2 Å². The first-order chi connectivity index (χ1) is 27.2. The molecule has 0 bridgehead atoms. The highest BCUT2D eigenvalue weighted by Gasteiger charge is 2.33. The van der Waals surface area contributed by atoms with Gasteiger partial charge in [-0.1, -0.05) is 75.5 Å². The van der Waals surface area contributed by atoms with Crippen LogP contribution in [0.3, 0.4) is 0 Å². The number of hydrogen-bond donors (Lipinski definition) is 0. The van der Waals surface area contributed by atoms with Crippen LogP contribution in [0.5, 0.6) is 23.0 Å². The summed E-state index contributed by atoms with van der Waals surface area (Å²) in [5, 5.41) is 0.295. The van der Waals surface area contributed by atoms with Crippen molar-refractivity contribution >= 4 is 37.7 Å². The van der Waals surface area contributed by atoms with Gasteiger partial charge in [0.05, 0.1) is 37.6 Å². The maximum Gasteiger partial charge on any atom is 0.365 e. The second kappa shape index (κ2) is 20.6. The minimum absolute atomic E-state index is 0.0523. The molecule has 0 N–H and O–H groups in total. The predicted octanol–water partition coefficient (Wildman–Crippen LogP) is 8.88. The molecule has 0 saturated carbocycles. The summed E-state index contributed by atoms with van der Waals surface area (Å²) in [6, 6.07) is 27.7. The summed E-state index contributed by atoms with van der Waals surface area (Å²) in [5.41, 5.74) is 1.69. The van der Waals surface area contributed by atoms with E-state index in [0.717, 1.165) is 11.1 Å². The second-order valence-corrected chi connectivity index (χ2v) is 16.8. The molecule has 4 aromatic rings. The molecule has 12 nitrogen and oxygen atoms in total. The van der Waals surface area contributed by atoms with Crippen molar-refractivity contribution in [2.75, 3.05) is 39.6 Å². The average Bonchev–Trinajstić information content (AvgIpc) is 3.20. The summed E-state index contributed by atoms with van der Waals surface area (Å²) in [4.78, 5) is 25.8. The zero-order valence-corrected chi connectivity index (χ0v) is 35.0. The van der Waals surface area contributed by atoms with Crippen LogP contribution in [0.25, 0.3) is 0 Å². The van der Waals surface area contributed by atoms with Gasteiger partial charge in [-0.15, -0.1) is 0 Å². The van der Waals surface area contributed by atoms with E-state index in [-0.39, 0.29) is 72.9 Å². The summed E-state index contributed by atoms with van der Waals surface area (Å²) >= 11 is 0. The number of para-hydroxylation sites is 2. The van der Waals surface area contributed by atoms with E-state index in [1.54, 1.807) is 76.2 Å². The molecule has 0 atom stereocenters. The fraction of sp³-hybridized carbons (Fsp3) is 0.302. The third kappa shape index (κ3) is 11.6. The molecule has 0 aliphatic rings. The Morgan fingerprint density at radius 1 is 0.526 bits per heavy atom. The van der Waals surface area contributed by atoms with E-state index >= 15 is 0 Å². The Morgan fingerprint density at radius 3 is 1.16 bits per heavy atom. The number of carbonyl (C=O) groups excluding carboxylic acids is 2. The van der Waals surface area contributed by atoms with E-state index in [9.17, 15) is 18.7 Å². The molecule has 4 aromatic carbocycles. The Bertz CT molecular complexity index is 1940. The zero-order valence-electron chi connectivity index (χ0n) is 33.2. The van der Waals surface area contributed by atoms with Crippen molar-refractivity contribution in [1.29, 1.82) is 0 Å². The maximum absolute atomic E-state index is 13.4. The lowest BCUT2D eigenvalue weighted by molar-refractivity contribution is -0.131. The van der Waals surface area contributed by atoms with Crippen molar-refractivity contribution in [2.45, 2.75) is 47.0 Å². The highest BCUT2D eigenvalue weighted by Crippen LogP contribution is 2.50. The molecule has 4 rings (SSSR count). The van der Waals surface area contributed by atoms with Crippen molar-refractivity contribution in [3.05, 3.63) is 132 Å². The minimum Gasteiger partial charge on any atom is -0.489 e. The lowest BCUT2D eigenvalue weighted by atomic mass is 9.78. The van der Waals surface area contributed by atoms with Gasteiger partial charge in [-0.3, -0.25) is 9.13 Å². The first-order valence-corrected chi connectivity index (χ1v) is 21.5. The lowest BCUT2D eigenvalue weighted by Crippen LogP contribution is -2.21. The summed E-state index contributed by atoms with van der Waals surface area (Å²) in [5.74, 6) is -0.343. The van der Waals surface area contributed by atoms with Crippen molar-refractivity contribution < 1.29 is 55.8 Å². The predicted molar refractivity (Wildman–Crippen MR) is 219 cm³/mol. The molecule has 0 aromatic heterocycles. The largest absolute Gasteiger partial charge is 0.489 e. The van der Waals surface area contributed by atoms with Crippen LogP contribution in [0, 0.1) is 0 Å². The quantitative estimate of drug-likeness (QED) is 0.0324. The molecular formula is C43H50O12P2. The van der Waals surface area contributed by atoms with Crippen molar-refractivity contribution in [1.82, 2.24) is 0 Å². The number of esters is 2. The molecule has 14 heteroatoms. The Labute approximate surface area is 334 Å². The fourth-order valence-electron chi connectivity index (χ4n) is 5.48. The van der Waals surface area contributed by atoms with Crippen LogP contribution in [0.1, 0.15) is 52.7 Å². The van der Waals surface area contributed by atoms with E-state index < -0.39 is 32.5 Å². The topological polar surface area (TPSA) is 142 Å². The van der Waals surface area contributed by atoms with Gasteiger partial charge in [0.15, 0.2) is 0 Å². The smallest absolute Gasteiger partial charge is 0.365 e. The van der Waals surface area contributed by atoms with Crippen molar-refractivity contribution in [3.63, 3.8) is 0 Å². The third-order valence-electron chi connectivity index (χ3n) is 8.48. The zero-order chi connectivity index (χ0) is 41.6. The fourth-order valence-corrected chi connectivity index (χ4v) is 8.86. The van der Waals surface area contributed by atoms with E-state index in [2.05, 4.69) is 27.0 Å². The van der Waals surface area contributed by atoms with Crippen LogP contribution in [0.2, 0.25) is 0 Å². The van der Waals surface area contributed by atoms with Gasteiger partial charge in [0.2, 0.25) is 0 Å². The number of ether oxygens (including phenoxy) is 4. The van der Waals surface area contributed by atoms with Gasteiger partial charge in [0.25, 0.3) is 0 Å². The van der Waals surface area contributed by atoms with Gasteiger partial charge >= 0.3 is 27.1 Å². The normalized spacial score (nSPS) is 11.8. The second-order valence-electron chi connectivity index (χ2n) is 12.8. The third-order valence-corrected chi connectivity index (χ3v) is 12.8. The molecule has 0 heterocycles. The number of hydrogen-bond acceptors (Lipinski definition) is 12. The Balaban J connectivity index is 1.32. The van der Waals surface area contributed by atoms with Gasteiger partial charge < -0.3 is 37.0 Å². The Morgan fingerprint density at radius 2 is 0.842 bits per heavy atom. The number of rotatable bonds is 22. The van der Waals surface area contributed by atoms with Gasteiger partial charge in [-0.25, -0.2) is 9.59 Å². The van der Waals surface area contributed by atoms with Gasteiger partial charge in [0.1, 0.15) is 46.8 Å². The van der Waals surface area contributed by atoms with Gasteiger partial charge in [0, 0.05) is 5.41 Å². The van der Waals surface area contributed by atoms with Gasteiger partial charge in [-0.2, -0.15) is 0 Å². The highest BCUT2D eigenvalue weighted by atomic mass is 31.2.